The van der Waals surface area contributed by atoms with E-state index in [9.17, 15) is 4.79 Å². The number of aryl methyl sites for hydroxylation is 1. The fraction of sp³-hybridized carbons (Fsp3) is 0.381. The molecule has 3 rings (SSSR count). The predicted molar refractivity (Wildman–Crippen MR) is 95.9 cm³/mol. The van der Waals surface area contributed by atoms with Crippen LogP contribution in [-0.2, 0) is 14.9 Å². The number of carbonyl (C=O) groups excluding carboxylic acids is 1. The zero-order chi connectivity index (χ0) is 17.0. The fourth-order valence-corrected chi connectivity index (χ4v) is 3.40. The third-order valence-corrected chi connectivity index (χ3v) is 5.03. The molecule has 2 aromatic carbocycles. The van der Waals surface area contributed by atoms with Crippen molar-refractivity contribution in [1.82, 2.24) is 5.32 Å². The lowest BCUT2D eigenvalue weighted by atomic mass is 9.73. The molecule has 0 aliphatic carbocycles. The second-order valence-corrected chi connectivity index (χ2v) is 6.67. The van der Waals surface area contributed by atoms with Crippen LogP contribution in [0.25, 0.3) is 0 Å². The first-order valence-electron chi connectivity index (χ1n) is 8.63. The van der Waals surface area contributed by atoms with E-state index in [-0.39, 0.29) is 11.9 Å². The summed E-state index contributed by atoms with van der Waals surface area (Å²) in [6, 6.07) is 18.4. The molecule has 1 amide bonds. The highest BCUT2D eigenvalue weighted by molar-refractivity contribution is 5.88. The van der Waals surface area contributed by atoms with Gasteiger partial charge in [-0.3, -0.25) is 4.79 Å². The van der Waals surface area contributed by atoms with E-state index in [0.717, 1.165) is 24.0 Å². The molecule has 1 N–H and O–H groups in total. The zero-order valence-corrected chi connectivity index (χ0v) is 14.4. The third kappa shape index (κ3) is 3.36. The molecule has 1 atom stereocenters. The van der Waals surface area contributed by atoms with Crippen molar-refractivity contribution in [3.63, 3.8) is 0 Å². The second-order valence-electron chi connectivity index (χ2n) is 6.67. The van der Waals surface area contributed by atoms with E-state index < -0.39 is 5.41 Å². The zero-order valence-electron chi connectivity index (χ0n) is 14.4. The van der Waals surface area contributed by atoms with Crippen molar-refractivity contribution >= 4 is 5.91 Å². The molecular formula is C21H25NO2. The summed E-state index contributed by atoms with van der Waals surface area (Å²) < 4.78 is 5.52. The van der Waals surface area contributed by atoms with Crippen LogP contribution in [0.3, 0.4) is 0 Å². The molecule has 1 heterocycles. The number of rotatable bonds is 4. The van der Waals surface area contributed by atoms with Crippen LogP contribution in [0.2, 0.25) is 0 Å². The molecule has 1 fully saturated rings. The topological polar surface area (TPSA) is 38.3 Å². The third-order valence-electron chi connectivity index (χ3n) is 5.03. The van der Waals surface area contributed by atoms with Gasteiger partial charge in [-0.15, -0.1) is 0 Å². The summed E-state index contributed by atoms with van der Waals surface area (Å²) >= 11 is 0. The summed E-state index contributed by atoms with van der Waals surface area (Å²) in [5.74, 6) is 0.102. The van der Waals surface area contributed by atoms with Gasteiger partial charge in [-0.05, 0) is 37.8 Å². The molecule has 2 aromatic rings. The summed E-state index contributed by atoms with van der Waals surface area (Å²) in [5.41, 5.74) is 2.95. The van der Waals surface area contributed by atoms with E-state index in [4.69, 9.17) is 4.74 Å². The first kappa shape index (κ1) is 16.7. The summed E-state index contributed by atoms with van der Waals surface area (Å²) in [4.78, 5) is 13.2. The highest BCUT2D eigenvalue weighted by Gasteiger charge is 2.41. The number of hydrogen-bond donors (Lipinski definition) is 1. The lowest BCUT2D eigenvalue weighted by Gasteiger charge is -2.37. The van der Waals surface area contributed by atoms with Crippen molar-refractivity contribution in [3.05, 3.63) is 71.3 Å². The maximum absolute atomic E-state index is 13.2. The molecule has 0 spiro atoms. The number of carbonyl (C=O) groups is 1. The van der Waals surface area contributed by atoms with Gasteiger partial charge in [-0.25, -0.2) is 0 Å². The lowest BCUT2D eigenvalue weighted by molar-refractivity contribution is -0.131. The van der Waals surface area contributed by atoms with Crippen LogP contribution in [0.4, 0.5) is 0 Å². The monoisotopic (exact) mass is 323 g/mol. The smallest absolute Gasteiger partial charge is 0.231 e. The van der Waals surface area contributed by atoms with Crippen LogP contribution < -0.4 is 5.32 Å². The number of benzene rings is 2. The van der Waals surface area contributed by atoms with Gasteiger partial charge in [0.25, 0.3) is 0 Å². The minimum Gasteiger partial charge on any atom is -0.381 e. The average molecular weight is 323 g/mol. The first-order valence-corrected chi connectivity index (χ1v) is 8.63. The van der Waals surface area contributed by atoms with Gasteiger partial charge in [0, 0.05) is 13.2 Å². The highest BCUT2D eigenvalue weighted by atomic mass is 16.5. The van der Waals surface area contributed by atoms with Gasteiger partial charge in [0.2, 0.25) is 5.91 Å². The van der Waals surface area contributed by atoms with E-state index in [0.29, 0.717) is 13.2 Å². The van der Waals surface area contributed by atoms with E-state index in [1.54, 1.807) is 0 Å². The number of hydrogen-bond acceptors (Lipinski definition) is 2. The Hall–Kier alpha value is -2.13. The largest absolute Gasteiger partial charge is 0.381 e. The second kappa shape index (κ2) is 7.18. The number of amides is 1. The Morgan fingerprint density at radius 3 is 2.29 bits per heavy atom. The Morgan fingerprint density at radius 1 is 1.04 bits per heavy atom. The SMILES string of the molecule is Cc1ccc([C@@H](C)NC(=O)C2(c3ccccc3)CCOCC2)cc1. The van der Waals surface area contributed by atoms with E-state index >= 15 is 0 Å². The van der Waals surface area contributed by atoms with E-state index in [2.05, 4.69) is 48.6 Å². The van der Waals surface area contributed by atoms with Gasteiger partial charge < -0.3 is 10.1 Å². The fourth-order valence-electron chi connectivity index (χ4n) is 3.40. The van der Waals surface area contributed by atoms with Gasteiger partial charge in [0.05, 0.1) is 11.5 Å². The van der Waals surface area contributed by atoms with Crippen molar-refractivity contribution in [2.45, 2.75) is 38.1 Å². The molecule has 0 aromatic heterocycles. The van der Waals surface area contributed by atoms with Gasteiger partial charge in [-0.2, -0.15) is 0 Å². The van der Waals surface area contributed by atoms with Crippen molar-refractivity contribution in [2.24, 2.45) is 0 Å². The van der Waals surface area contributed by atoms with Crippen LogP contribution >= 0.6 is 0 Å². The Kier molecular flexibility index (Phi) is 5.00. The minimum absolute atomic E-state index is 0.0125. The summed E-state index contributed by atoms with van der Waals surface area (Å²) in [7, 11) is 0. The van der Waals surface area contributed by atoms with Crippen molar-refractivity contribution in [2.75, 3.05) is 13.2 Å². The number of nitrogens with one attached hydrogen (secondary N) is 1. The molecule has 0 bridgehead atoms. The maximum Gasteiger partial charge on any atom is 0.231 e. The van der Waals surface area contributed by atoms with Crippen LogP contribution in [0.15, 0.2) is 54.6 Å². The first-order chi connectivity index (χ1) is 11.6. The van der Waals surface area contributed by atoms with Crippen LogP contribution in [0, 0.1) is 6.92 Å². The molecule has 24 heavy (non-hydrogen) atoms. The predicted octanol–water partition coefficient (Wildman–Crippen LogP) is 3.92. The molecule has 0 saturated carbocycles. The van der Waals surface area contributed by atoms with E-state index in [1.165, 1.54) is 5.56 Å². The molecule has 1 saturated heterocycles. The van der Waals surface area contributed by atoms with Gasteiger partial charge in [0.1, 0.15) is 0 Å². The van der Waals surface area contributed by atoms with Crippen LogP contribution in [0.5, 0.6) is 0 Å². The molecule has 3 heteroatoms. The lowest BCUT2D eigenvalue weighted by Crippen LogP contribution is -2.48. The standard InChI is InChI=1S/C21H25NO2/c1-16-8-10-18(11-9-16)17(2)22-20(23)21(12-14-24-15-13-21)19-6-4-3-5-7-19/h3-11,17H,12-15H2,1-2H3,(H,22,23)/t17-/m1/s1. The molecule has 126 valence electrons. The summed E-state index contributed by atoms with van der Waals surface area (Å²) in [6.45, 7) is 5.36. The molecule has 1 aliphatic heterocycles. The Balaban J connectivity index is 1.83. The maximum atomic E-state index is 13.2. The van der Waals surface area contributed by atoms with Gasteiger partial charge >= 0.3 is 0 Å². The number of ether oxygens (including phenoxy) is 1. The van der Waals surface area contributed by atoms with E-state index in [1.807, 2.05) is 25.1 Å². The quantitative estimate of drug-likeness (QED) is 0.926. The Labute approximate surface area is 144 Å². The van der Waals surface area contributed by atoms with Gasteiger partial charge in [0.15, 0.2) is 0 Å². The molecule has 0 unspecified atom stereocenters. The Morgan fingerprint density at radius 2 is 1.67 bits per heavy atom. The average Bonchev–Trinajstić information content (AvgIpc) is 2.63. The minimum atomic E-state index is -0.488. The van der Waals surface area contributed by atoms with Gasteiger partial charge in [-0.1, -0.05) is 60.2 Å². The van der Waals surface area contributed by atoms with Crippen molar-refractivity contribution < 1.29 is 9.53 Å². The normalized spacial score (nSPS) is 17.9. The Bertz CT molecular complexity index is 673. The van der Waals surface area contributed by atoms with Crippen LogP contribution in [-0.4, -0.2) is 19.1 Å². The summed E-state index contributed by atoms with van der Waals surface area (Å²) in [5, 5.41) is 3.23. The molecular weight excluding hydrogens is 298 g/mol. The summed E-state index contributed by atoms with van der Waals surface area (Å²) in [6.07, 6.45) is 1.45. The molecule has 1 aliphatic rings. The van der Waals surface area contributed by atoms with Crippen LogP contribution in [0.1, 0.15) is 42.5 Å². The van der Waals surface area contributed by atoms with Crippen molar-refractivity contribution in [1.29, 1.82) is 0 Å². The van der Waals surface area contributed by atoms with Crippen molar-refractivity contribution in [3.8, 4) is 0 Å². The molecule has 0 radical (unpaired) electrons. The molecule has 3 nitrogen and oxygen atoms in total. The highest BCUT2D eigenvalue weighted by Crippen LogP contribution is 2.35.